The molecule has 4 atom stereocenters. The van der Waals surface area contributed by atoms with Crippen molar-refractivity contribution in [3.05, 3.63) is 12.3 Å². The lowest BCUT2D eigenvalue weighted by molar-refractivity contribution is -0.178. The van der Waals surface area contributed by atoms with Gasteiger partial charge in [-0.05, 0) is 27.7 Å². The van der Waals surface area contributed by atoms with Crippen LogP contribution in [-0.4, -0.2) is 48.4 Å². The second kappa shape index (κ2) is 4.92. The molecule has 0 aliphatic carbocycles. The van der Waals surface area contributed by atoms with E-state index in [0.717, 1.165) is 0 Å². The van der Waals surface area contributed by atoms with Crippen LogP contribution in [0.5, 0.6) is 0 Å². The van der Waals surface area contributed by atoms with Gasteiger partial charge in [-0.2, -0.15) is 0 Å². The fourth-order valence-corrected chi connectivity index (χ4v) is 3.24. The molecule has 0 amide bonds. The van der Waals surface area contributed by atoms with Crippen LogP contribution in [0, 0.1) is 0 Å². The van der Waals surface area contributed by atoms with Crippen molar-refractivity contribution in [2.45, 2.75) is 83.3 Å². The molecule has 126 valence electrons. The molecule has 0 bridgehead atoms. The first kappa shape index (κ1) is 16.2. The van der Waals surface area contributed by atoms with Crippen LogP contribution in [0.15, 0.2) is 12.3 Å². The zero-order valence-electron chi connectivity index (χ0n) is 14.2. The van der Waals surface area contributed by atoms with Gasteiger partial charge >= 0.3 is 0 Å². The highest BCUT2D eigenvalue weighted by atomic mass is 16.8. The van der Waals surface area contributed by atoms with Gasteiger partial charge in [-0.3, -0.25) is 0 Å². The molecule has 0 N–H and O–H groups in total. The van der Waals surface area contributed by atoms with E-state index in [1.54, 1.807) is 0 Å². The highest BCUT2D eigenvalue weighted by Crippen LogP contribution is 2.42. The van der Waals surface area contributed by atoms with E-state index in [2.05, 4.69) is 6.58 Å². The summed E-state index contributed by atoms with van der Waals surface area (Å²) in [5, 5.41) is 0. The third-order valence-electron chi connectivity index (χ3n) is 3.96. The average molecular weight is 314 g/mol. The van der Waals surface area contributed by atoms with E-state index in [0.29, 0.717) is 12.4 Å². The minimum absolute atomic E-state index is 0.220. The molecule has 6 heteroatoms. The van der Waals surface area contributed by atoms with E-state index in [4.69, 9.17) is 28.4 Å². The number of ether oxygens (including phenoxy) is 6. The van der Waals surface area contributed by atoms with Gasteiger partial charge in [-0.25, -0.2) is 0 Å². The summed E-state index contributed by atoms with van der Waals surface area (Å²) in [5.41, 5.74) is 0. The standard InChI is InChI=1S/C16H26O6/c1-9-11(20-15(4,5)18-9)13-12(21-16(6,7)22-13)10-8-17-14(2,3)19-10/h10-13H,1,8H2,2-7H3/t10-,11+,12-,13-/m1/s1. The first-order chi connectivity index (χ1) is 9.98. The summed E-state index contributed by atoms with van der Waals surface area (Å²) in [6, 6.07) is 0. The van der Waals surface area contributed by atoms with Gasteiger partial charge in [0.1, 0.15) is 30.2 Å². The van der Waals surface area contributed by atoms with Gasteiger partial charge in [-0.15, -0.1) is 0 Å². The predicted molar refractivity (Wildman–Crippen MR) is 77.9 cm³/mol. The number of hydrogen-bond acceptors (Lipinski definition) is 6. The first-order valence-electron chi connectivity index (χ1n) is 7.71. The van der Waals surface area contributed by atoms with Crippen LogP contribution >= 0.6 is 0 Å². The Kier molecular flexibility index (Phi) is 3.62. The highest BCUT2D eigenvalue weighted by Gasteiger charge is 2.56. The summed E-state index contributed by atoms with van der Waals surface area (Å²) in [4.78, 5) is 0. The molecule has 0 unspecified atom stereocenters. The Hall–Kier alpha value is -0.660. The summed E-state index contributed by atoms with van der Waals surface area (Å²) < 4.78 is 35.4. The van der Waals surface area contributed by atoms with Crippen LogP contribution < -0.4 is 0 Å². The van der Waals surface area contributed by atoms with Crippen molar-refractivity contribution in [1.82, 2.24) is 0 Å². The molecule has 3 heterocycles. The molecule has 0 aromatic rings. The molecule has 0 spiro atoms. The van der Waals surface area contributed by atoms with Gasteiger partial charge in [0.15, 0.2) is 11.6 Å². The quantitative estimate of drug-likeness (QED) is 0.780. The Labute approximate surface area is 131 Å². The normalized spacial score (nSPS) is 42.5. The Morgan fingerprint density at radius 2 is 1.45 bits per heavy atom. The van der Waals surface area contributed by atoms with E-state index >= 15 is 0 Å². The Balaban J connectivity index is 1.81. The smallest absolute Gasteiger partial charge is 0.205 e. The monoisotopic (exact) mass is 314 g/mol. The van der Waals surface area contributed by atoms with E-state index in [-0.39, 0.29) is 18.3 Å². The first-order valence-corrected chi connectivity index (χ1v) is 7.71. The maximum Gasteiger partial charge on any atom is 0.205 e. The topological polar surface area (TPSA) is 55.4 Å². The van der Waals surface area contributed by atoms with Crippen molar-refractivity contribution < 1.29 is 28.4 Å². The molecular formula is C16H26O6. The highest BCUT2D eigenvalue weighted by molar-refractivity contribution is 5.08. The summed E-state index contributed by atoms with van der Waals surface area (Å²) in [6.45, 7) is 15.7. The second-order valence-electron chi connectivity index (χ2n) is 7.44. The van der Waals surface area contributed by atoms with Crippen molar-refractivity contribution >= 4 is 0 Å². The molecule has 3 aliphatic rings. The van der Waals surface area contributed by atoms with Gasteiger partial charge in [0, 0.05) is 13.8 Å². The summed E-state index contributed by atoms with van der Waals surface area (Å²) in [6.07, 6.45) is -1.28. The van der Waals surface area contributed by atoms with Gasteiger partial charge in [0.25, 0.3) is 0 Å². The maximum atomic E-state index is 6.07. The summed E-state index contributed by atoms with van der Waals surface area (Å²) >= 11 is 0. The van der Waals surface area contributed by atoms with Gasteiger partial charge in [-0.1, -0.05) is 6.58 Å². The van der Waals surface area contributed by atoms with Crippen molar-refractivity contribution in [2.24, 2.45) is 0 Å². The molecule has 0 saturated carbocycles. The second-order valence-corrected chi connectivity index (χ2v) is 7.44. The molecule has 3 fully saturated rings. The van der Waals surface area contributed by atoms with Crippen LogP contribution in [0.1, 0.15) is 41.5 Å². The van der Waals surface area contributed by atoms with Gasteiger partial charge in [0.2, 0.25) is 5.79 Å². The lowest BCUT2D eigenvalue weighted by Gasteiger charge is -2.26. The van der Waals surface area contributed by atoms with Crippen molar-refractivity contribution in [2.75, 3.05) is 6.61 Å². The zero-order valence-corrected chi connectivity index (χ0v) is 14.2. The number of rotatable bonds is 2. The minimum atomic E-state index is -0.720. The minimum Gasteiger partial charge on any atom is -0.465 e. The molecule has 3 aliphatic heterocycles. The molecule has 3 saturated heterocycles. The number of hydrogen-bond donors (Lipinski definition) is 0. The zero-order chi connectivity index (χ0) is 16.3. The van der Waals surface area contributed by atoms with Crippen molar-refractivity contribution in [1.29, 1.82) is 0 Å². The summed E-state index contributed by atoms with van der Waals surface area (Å²) in [5.74, 6) is -1.50. The Morgan fingerprint density at radius 1 is 0.818 bits per heavy atom. The van der Waals surface area contributed by atoms with E-state index < -0.39 is 23.5 Å². The van der Waals surface area contributed by atoms with Crippen LogP contribution in [0.25, 0.3) is 0 Å². The fraction of sp³-hybridized carbons (Fsp3) is 0.875. The lowest BCUT2D eigenvalue weighted by atomic mass is 10.0. The molecular weight excluding hydrogens is 288 g/mol. The van der Waals surface area contributed by atoms with Crippen LogP contribution in [0.4, 0.5) is 0 Å². The van der Waals surface area contributed by atoms with E-state index in [9.17, 15) is 0 Å². The predicted octanol–water partition coefficient (Wildman–Crippen LogP) is 2.32. The summed E-state index contributed by atoms with van der Waals surface area (Å²) in [7, 11) is 0. The van der Waals surface area contributed by atoms with Gasteiger partial charge in [0.05, 0.1) is 6.61 Å². The van der Waals surface area contributed by atoms with Gasteiger partial charge < -0.3 is 28.4 Å². The average Bonchev–Trinajstić information content (AvgIpc) is 2.93. The molecule has 0 radical (unpaired) electrons. The molecule has 6 nitrogen and oxygen atoms in total. The van der Waals surface area contributed by atoms with E-state index in [1.807, 2.05) is 41.5 Å². The molecule has 0 aromatic carbocycles. The lowest BCUT2D eigenvalue weighted by Crippen LogP contribution is -2.44. The third kappa shape index (κ3) is 3.03. The molecule has 0 aromatic heterocycles. The van der Waals surface area contributed by atoms with E-state index in [1.165, 1.54) is 0 Å². The Bertz CT molecular complexity index is 469. The van der Waals surface area contributed by atoms with Crippen molar-refractivity contribution in [3.63, 3.8) is 0 Å². The van der Waals surface area contributed by atoms with Crippen LogP contribution in [0.2, 0.25) is 0 Å². The largest absolute Gasteiger partial charge is 0.465 e. The van der Waals surface area contributed by atoms with Crippen LogP contribution in [0.3, 0.4) is 0 Å². The van der Waals surface area contributed by atoms with Crippen LogP contribution in [-0.2, 0) is 28.4 Å². The molecule has 3 rings (SSSR count). The maximum absolute atomic E-state index is 6.07. The molecule has 22 heavy (non-hydrogen) atoms. The third-order valence-corrected chi connectivity index (χ3v) is 3.96. The fourth-order valence-electron chi connectivity index (χ4n) is 3.24. The Morgan fingerprint density at radius 3 is 1.95 bits per heavy atom. The van der Waals surface area contributed by atoms with Crippen molar-refractivity contribution in [3.8, 4) is 0 Å². The SMILES string of the molecule is C=C1OC(C)(C)O[C@@H]1[C@H]1OC(C)(C)O[C@@H]1[C@H]1COC(C)(C)O1.